The molecule has 0 radical (unpaired) electrons. The molecule has 1 aromatic heterocycles. The molecule has 0 atom stereocenters. The Morgan fingerprint density at radius 2 is 1.74 bits per heavy atom. The highest BCUT2D eigenvalue weighted by Crippen LogP contribution is 2.23. The van der Waals surface area contributed by atoms with Crippen molar-refractivity contribution in [2.45, 2.75) is 18.7 Å². The Morgan fingerprint density at radius 3 is 2.39 bits per heavy atom. The van der Waals surface area contributed by atoms with Crippen molar-refractivity contribution in [1.82, 2.24) is 10.2 Å². The number of hydrogen-bond acceptors (Lipinski definition) is 3. The van der Waals surface area contributed by atoms with Gasteiger partial charge < -0.3 is 0 Å². The van der Waals surface area contributed by atoms with Gasteiger partial charge in [0.15, 0.2) is 0 Å². The second kappa shape index (κ2) is 5.89. The van der Waals surface area contributed by atoms with Gasteiger partial charge in [0.05, 0.1) is 10.6 Å². The van der Waals surface area contributed by atoms with Crippen molar-refractivity contribution < 1.29 is 8.42 Å². The van der Waals surface area contributed by atoms with Crippen molar-refractivity contribution >= 4 is 15.7 Å². The number of aromatic nitrogens is 2. The van der Waals surface area contributed by atoms with Crippen LogP contribution in [0.5, 0.6) is 0 Å². The molecule has 0 amide bonds. The van der Waals surface area contributed by atoms with E-state index in [0.29, 0.717) is 10.6 Å². The summed E-state index contributed by atoms with van der Waals surface area (Å²) in [6.45, 7) is 3.66. The predicted molar refractivity (Wildman–Crippen MR) is 90.7 cm³/mol. The van der Waals surface area contributed by atoms with Crippen LogP contribution in [0.25, 0.3) is 11.3 Å². The summed E-state index contributed by atoms with van der Waals surface area (Å²) >= 11 is 0. The lowest BCUT2D eigenvalue weighted by Gasteiger charge is -2.11. The molecule has 0 aliphatic rings. The van der Waals surface area contributed by atoms with E-state index in [9.17, 15) is 8.42 Å². The van der Waals surface area contributed by atoms with Crippen LogP contribution >= 0.6 is 0 Å². The van der Waals surface area contributed by atoms with E-state index in [1.54, 1.807) is 31.3 Å². The maximum absolute atomic E-state index is 12.6. The third-order valence-corrected chi connectivity index (χ3v) is 5.11. The zero-order chi connectivity index (χ0) is 16.4. The van der Waals surface area contributed by atoms with Gasteiger partial charge in [-0.15, -0.1) is 0 Å². The molecule has 5 nitrogen and oxygen atoms in total. The highest BCUT2D eigenvalue weighted by molar-refractivity contribution is 7.92. The molecule has 0 unspecified atom stereocenters. The molecule has 3 aromatic rings. The lowest BCUT2D eigenvalue weighted by atomic mass is 10.1. The van der Waals surface area contributed by atoms with E-state index in [1.807, 2.05) is 37.3 Å². The first-order valence-corrected chi connectivity index (χ1v) is 8.64. The summed E-state index contributed by atoms with van der Waals surface area (Å²) in [5, 5.41) is 6.77. The molecular weight excluding hydrogens is 310 g/mol. The molecule has 0 aliphatic heterocycles. The van der Waals surface area contributed by atoms with Gasteiger partial charge in [0.25, 0.3) is 10.0 Å². The summed E-state index contributed by atoms with van der Waals surface area (Å²) in [5.41, 5.74) is 3.98. The highest BCUT2D eigenvalue weighted by Gasteiger charge is 2.17. The monoisotopic (exact) mass is 327 g/mol. The van der Waals surface area contributed by atoms with Gasteiger partial charge in [0.2, 0.25) is 0 Å². The summed E-state index contributed by atoms with van der Waals surface area (Å²) in [6, 6.07) is 14.4. The average molecular weight is 327 g/mol. The van der Waals surface area contributed by atoms with Crippen LogP contribution in [0.4, 0.5) is 5.69 Å². The molecule has 2 aromatic carbocycles. The quantitative estimate of drug-likeness (QED) is 0.770. The second-order valence-electron chi connectivity index (χ2n) is 5.42. The largest absolute Gasteiger partial charge is 0.280 e. The first-order chi connectivity index (χ1) is 11.0. The fourth-order valence-electron chi connectivity index (χ4n) is 2.34. The number of aromatic amines is 1. The fraction of sp³-hybridized carbons (Fsp3) is 0.118. The summed E-state index contributed by atoms with van der Waals surface area (Å²) in [6.07, 6.45) is 1.67. The molecule has 3 rings (SSSR count). The van der Waals surface area contributed by atoms with Crippen molar-refractivity contribution in [1.29, 1.82) is 0 Å². The summed E-state index contributed by atoms with van der Waals surface area (Å²) in [5.74, 6) is 0. The van der Waals surface area contributed by atoms with Gasteiger partial charge in [0, 0.05) is 11.9 Å². The van der Waals surface area contributed by atoms with Gasteiger partial charge in [-0.1, -0.05) is 24.3 Å². The van der Waals surface area contributed by atoms with Crippen molar-refractivity contribution in [3.05, 3.63) is 65.9 Å². The molecule has 23 heavy (non-hydrogen) atoms. The van der Waals surface area contributed by atoms with Gasteiger partial charge >= 0.3 is 0 Å². The number of anilines is 1. The Labute approximate surface area is 135 Å². The molecule has 0 saturated heterocycles. The smallest absolute Gasteiger partial charge is 0.262 e. The Morgan fingerprint density at radius 1 is 1.00 bits per heavy atom. The van der Waals surface area contributed by atoms with E-state index >= 15 is 0 Å². The molecule has 2 N–H and O–H groups in total. The first-order valence-electron chi connectivity index (χ1n) is 7.15. The van der Waals surface area contributed by atoms with Gasteiger partial charge in [-0.2, -0.15) is 5.10 Å². The second-order valence-corrected chi connectivity index (χ2v) is 7.07. The fourth-order valence-corrected chi connectivity index (χ4v) is 3.73. The van der Waals surface area contributed by atoms with E-state index in [0.717, 1.165) is 22.4 Å². The molecule has 1 heterocycles. The van der Waals surface area contributed by atoms with Crippen LogP contribution in [0.15, 0.2) is 59.6 Å². The van der Waals surface area contributed by atoms with E-state index < -0.39 is 10.0 Å². The van der Waals surface area contributed by atoms with Gasteiger partial charge in [-0.25, -0.2) is 8.42 Å². The number of nitrogens with zero attached hydrogens (tertiary/aromatic N) is 1. The molecule has 118 valence electrons. The maximum atomic E-state index is 12.6. The van der Waals surface area contributed by atoms with Gasteiger partial charge in [-0.3, -0.25) is 9.82 Å². The van der Waals surface area contributed by atoms with Crippen LogP contribution in [-0.2, 0) is 10.0 Å². The molecule has 6 heteroatoms. The standard InChI is InChI=1S/C17H17N3O2S/c1-12-3-4-13(2)17(11-12)23(21,22)20-15-7-5-14(6-8-15)16-9-10-18-19-16/h3-11,20H,1-2H3,(H,18,19). The molecular formula is C17H17N3O2S. The van der Waals surface area contributed by atoms with Gasteiger partial charge in [0.1, 0.15) is 0 Å². The number of H-pyrrole nitrogens is 1. The van der Waals surface area contributed by atoms with Crippen molar-refractivity contribution in [3.8, 4) is 11.3 Å². The molecule has 0 saturated carbocycles. The Balaban J connectivity index is 1.87. The van der Waals surface area contributed by atoms with Crippen LogP contribution in [0.1, 0.15) is 11.1 Å². The normalized spacial score (nSPS) is 11.4. The number of nitrogens with one attached hydrogen (secondary N) is 2. The van der Waals surface area contributed by atoms with E-state index in [1.165, 1.54) is 0 Å². The maximum Gasteiger partial charge on any atom is 0.262 e. The van der Waals surface area contributed by atoms with E-state index in [-0.39, 0.29) is 0 Å². The zero-order valence-corrected chi connectivity index (χ0v) is 13.7. The summed E-state index contributed by atoms with van der Waals surface area (Å²) < 4.78 is 27.7. The van der Waals surface area contributed by atoms with Crippen LogP contribution in [-0.4, -0.2) is 18.6 Å². The number of aryl methyl sites for hydroxylation is 2. The number of rotatable bonds is 4. The first kappa shape index (κ1) is 15.3. The lowest BCUT2D eigenvalue weighted by Crippen LogP contribution is -2.14. The third-order valence-electron chi connectivity index (χ3n) is 3.58. The number of benzene rings is 2. The Kier molecular flexibility index (Phi) is 3.92. The minimum absolute atomic E-state index is 0.301. The Hall–Kier alpha value is -2.60. The van der Waals surface area contributed by atoms with E-state index in [4.69, 9.17) is 0 Å². The van der Waals surface area contributed by atoms with Crippen LogP contribution < -0.4 is 4.72 Å². The highest BCUT2D eigenvalue weighted by atomic mass is 32.2. The molecule has 0 spiro atoms. The minimum atomic E-state index is -3.60. The van der Waals surface area contributed by atoms with Crippen LogP contribution in [0, 0.1) is 13.8 Å². The predicted octanol–water partition coefficient (Wildman–Crippen LogP) is 3.49. The Bertz CT molecular complexity index is 915. The minimum Gasteiger partial charge on any atom is -0.280 e. The SMILES string of the molecule is Cc1ccc(C)c(S(=O)(=O)Nc2ccc(-c3ccn[nH]3)cc2)c1. The van der Waals surface area contributed by atoms with Crippen molar-refractivity contribution in [2.75, 3.05) is 4.72 Å². The third kappa shape index (κ3) is 3.27. The summed E-state index contributed by atoms with van der Waals surface area (Å²) in [7, 11) is -3.60. The average Bonchev–Trinajstić information content (AvgIpc) is 3.04. The zero-order valence-electron chi connectivity index (χ0n) is 12.9. The number of sulfonamides is 1. The van der Waals surface area contributed by atoms with Crippen molar-refractivity contribution in [3.63, 3.8) is 0 Å². The lowest BCUT2D eigenvalue weighted by molar-refractivity contribution is 0.600. The van der Waals surface area contributed by atoms with Crippen molar-refractivity contribution in [2.24, 2.45) is 0 Å². The summed E-state index contributed by atoms with van der Waals surface area (Å²) in [4.78, 5) is 0.301. The molecule has 0 aliphatic carbocycles. The topological polar surface area (TPSA) is 74.8 Å². The van der Waals surface area contributed by atoms with Crippen LogP contribution in [0.3, 0.4) is 0 Å². The van der Waals surface area contributed by atoms with Gasteiger partial charge in [-0.05, 0) is 54.8 Å². The number of hydrogen-bond donors (Lipinski definition) is 2. The molecule has 0 fully saturated rings. The van der Waals surface area contributed by atoms with Crippen LogP contribution in [0.2, 0.25) is 0 Å². The molecule has 0 bridgehead atoms. The van der Waals surface area contributed by atoms with E-state index in [2.05, 4.69) is 14.9 Å².